The monoisotopic (exact) mass is 361 g/mol. The van der Waals surface area contributed by atoms with Gasteiger partial charge in [0.05, 0.1) is 0 Å². The highest BCUT2D eigenvalue weighted by atomic mass is 16.3. The van der Waals surface area contributed by atoms with Gasteiger partial charge in [0.1, 0.15) is 5.76 Å². The molecule has 0 spiro atoms. The molecule has 3 rings (SSSR count). The topological polar surface area (TPSA) is 57.6 Å². The minimum atomic E-state index is -0.749. The van der Waals surface area contributed by atoms with Crippen LogP contribution >= 0.6 is 0 Å². The van der Waals surface area contributed by atoms with Gasteiger partial charge in [0.15, 0.2) is 0 Å². The van der Waals surface area contributed by atoms with Crippen LogP contribution in [0.25, 0.3) is 5.76 Å². The molecule has 0 saturated carbocycles. The van der Waals surface area contributed by atoms with Gasteiger partial charge in [-0.3, -0.25) is 9.59 Å². The summed E-state index contributed by atoms with van der Waals surface area (Å²) in [5.41, 5.74) is 4.04. The van der Waals surface area contributed by atoms with E-state index in [9.17, 15) is 14.7 Å². The number of rotatable bonds is 4. The number of ketones is 2. The number of hydrogen-bond acceptors (Lipinski definition) is 4. The molecule has 0 aromatic heterocycles. The van der Waals surface area contributed by atoms with Gasteiger partial charge < -0.3 is 10.0 Å². The van der Waals surface area contributed by atoms with Crippen LogP contribution in [0.2, 0.25) is 0 Å². The Bertz CT molecular complexity index is 965. The summed E-state index contributed by atoms with van der Waals surface area (Å²) in [6, 6.07) is 15.0. The third-order valence-corrected chi connectivity index (χ3v) is 5.07. The normalized spacial score (nSPS) is 17.1. The molecule has 1 aliphatic rings. The Balaban J connectivity index is 1.87. The van der Waals surface area contributed by atoms with Crippen molar-refractivity contribution >= 4 is 23.0 Å². The lowest BCUT2D eigenvalue weighted by Crippen LogP contribution is -2.25. The van der Waals surface area contributed by atoms with E-state index in [2.05, 4.69) is 0 Å². The Kier molecular flexibility index (Phi) is 4.75. The number of allylic oxidation sites excluding steroid dienone is 3. The second-order valence-corrected chi connectivity index (χ2v) is 7.35. The number of para-hydroxylation sites is 1. The molecule has 0 bridgehead atoms. The summed E-state index contributed by atoms with van der Waals surface area (Å²) in [6.07, 6.45) is 2.36. The Morgan fingerprint density at radius 3 is 2.26 bits per heavy atom. The predicted molar refractivity (Wildman–Crippen MR) is 108 cm³/mol. The smallest absolute Gasteiger partial charge is 0.229 e. The summed E-state index contributed by atoms with van der Waals surface area (Å²) >= 11 is 0. The molecular formula is C23H23NO3. The van der Waals surface area contributed by atoms with Crippen molar-refractivity contribution in [1.29, 1.82) is 0 Å². The van der Waals surface area contributed by atoms with Crippen LogP contribution in [0.3, 0.4) is 0 Å². The fourth-order valence-corrected chi connectivity index (χ4v) is 3.46. The second kappa shape index (κ2) is 6.88. The van der Waals surface area contributed by atoms with Crippen molar-refractivity contribution in [2.24, 2.45) is 0 Å². The fourth-order valence-electron chi connectivity index (χ4n) is 3.46. The van der Waals surface area contributed by atoms with E-state index in [4.69, 9.17) is 0 Å². The van der Waals surface area contributed by atoms with Crippen molar-refractivity contribution in [3.8, 4) is 0 Å². The molecule has 0 saturated heterocycles. The molecule has 138 valence electrons. The first-order valence-corrected chi connectivity index (χ1v) is 8.83. The molecule has 0 fully saturated rings. The number of anilines is 1. The lowest BCUT2D eigenvalue weighted by atomic mass is 9.83. The third-order valence-electron chi connectivity index (χ3n) is 5.07. The van der Waals surface area contributed by atoms with Crippen LogP contribution in [-0.2, 0) is 15.0 Å². The van der Waals surface area contributed by atoms with Crippen LogP contribution < -0.4 is 4.90 Å². The van der Waals surface area contributed by atoms with Crippen molar-refractivity contribution in [3.05, 3.63) is 83.1 Å². The summed E-state index contributed by atoms with van der Waals surface area (Å²) in [5.74, 6) is -1.62. The van der Waals surface area contributed by atoms with Gasteiger partial charge >= 0.3 is 0 Å². The van der Waals surface area contributed by atoms with Gasteiger partial charge in [0.2, 0.25) is 11.6 Å². The zero-order valence-corrected chi connectivity index (χ0v) is 16.0. The predicted octanol–water partition coefficient (Wildman–Crippen LogP) is 4.34. The number of carbonyl (C=O) groups is 2. The largest absolute Gasteiger partial charge is 0.507 e. The third kappa shape index (κ3) is 3.43. The van der Waals surface area contributed by atoms with Crippen molar-refractivity contribution < 1.29 is 14.7 Å². The van der Waals surface area contributed by atoms with Crippen molar-refractivity contribution in [3.63, 3.8) is 0 Å². The van der Waals surface area contributed by atoms with Crippen molar-refractivity contribution in [1.82, 2.24) is 0 Å². The quantitative estimate of drug-likeness (QED) is 0.500. The molecular weight excluding hydrogens is 338 g/mol. The van der Waals surface area contributed by atoms with E-state index < -0.39 is 11.6 Å². The molecule has 4 nitrogen and oxygen atoms in total. The number of benzene rings is 2. The van der Waals surface area contributed by atoms with Gasteiger partial charge in [-0.15, -0.1) is 0 Å². The summed E-state index contributed by atoms with van der Waals surface area (Å²) < 4.78 is 0. The number of fused-ring (bicyclic) bond motifs is 1. The van der Waals surface area contributed by atoms with Gasteiger partial charge in [0.25, 0.3) is 0 Å². The number of aliphatic hydroxyl groups excluding tert-OH is 1. The first kappa shape index (κ1) is 18.6. The maximum atomic E-state index is 12.5. The molecule has 0 unspecified atom stereocenters. The molecule has 2 aromatic rings. The zero-order chi connectivity index (χ0) is 19.8. The van der Waals surface area contributed by atoms with Crippen LogP contribution in [0.15, 0.2) is 66.4 Å². The molecule has 0 radical (unpaired) electrons. The average molecular weight is 361 g/mol. The van der Waals surface area contributed by atoms with E-state index in [0.29, 0.717) is 5.56 Å². The second-order valence-electron chi connectivity index (χ2n) is 7.35. The number of carbonyl (C=O) groups excluding carboxylic acids is 2. The highest BCUT2D eigenvalue weighted by Crippen LogP contribution is 2.46. The van der Waals surface area contributed by atoms with Crippen LogP contribution in [0.5, 0.6) is 0 Å². The minimum Gasteiger partial charge on any atom is -0.507 e. The fraction of sp³-hybridized carbons (Fsp3) is 0.217. The SMILES string of the molecule is Cc1ccc(/C(O)=C/C(=O)C(=O)/C=C2/N(C)c3ccccc3C2(C)C)cc1. The number of aliphatic hydroxyl groups is 1. The molecule has 1 aliphatic heterocycles. The maximum absolute atomic E-state index is 12.5. The summed E-state index contributed by atoms with van der Waals surface area (Å²) in [6.45, 7) is 5.99. The molecule has 1 N–H and O–H groups in total. The molecule has 0 aliphatic carbocycles. The Labute approximate surface area is 159 Å². The van der Waals surface area contributed by atoms with E-state index in [1.54, 1.807) is 12.1 Å². The molecule has 1 heterocycles. The standard InChI is InChI=1S/C23H23NO3/c1-15-9-11-16(12-10-15)19(25)13-20(26)21(27)14-22-23(2,3)17-7-5-6-8-18(17)24(22)4/h5-14,25H,1-4H3/b19-13-,22-14+. The summed E-state index contributed by atoms with van der Waals surface area (Å²) in [5, 5.41) is 10.1. The maximum Gasteiger partial charge on any atom is 0.229 e. The number of hydrogen-bond donors (Lipinski definition) is 1. The van der Waals surface area contributed by atoms with Crippen LogP contribution in [0.1, 0.15) is 30.5 Å². The van der Waals surface area contributed by atoms with Gasteiger partial charge in [-0.1, -0.05) is 61.9 Å². The lowest BCUT2D eigenvalue weighted by Gasteiger charge is -2.23. The lowest BCUT2D eigenvalue weighted by molar-refractivity contribution is -0.131. The van der Waals surface area contributed by atoms with Gasteiger partial charge in [-0.25, -0.2) is 0 Å². The van der Waals surface area contributed by atoms with Crippen LogP contribution in [0, 0.1) is 6.92 Å². The molecule has 4 heteroatoms. The van der Waals surface area contributed by atoms with Gasteiger partial charge in [-0.2, -0.15) is 0 Å². The Morgan fingerprint density at radius 2 is 1.63 bits per heavy atom. The minimum absolute atomic E-state index is 0.214. The highest BCUT2D eigenvalue weighted by molar-refractivity contribution is 6.46. The summed E-state index contributed by atoms with van der Waals surface area (Å²) in [7, 11) is 1.89. The first-order valence-electron chi connectivity index (χ1n) is 8.83. The molecule has 0 atom stereocenters. The van der Waals surface area contributed by atoms with E-state index in [1.807, 2.05) is 69.1 Å². The van der Waals surface area contributed by atoms with E-state index >= 15 is 0 Å². The summed E-state index contributed by atoms with van der Waals surface area (Å²) in [4.78, 5) is 26.8. The van der Waals surface area contributed by atoms with Gasteiger partial charge in [-0.05, 0) is 18.6 Å². The zero-order valence-electron chi connectivity index (χ0n) is 16.0. The van der Waals surface area contributed by atoms with E-state index in [-0.39, 0.29) is 11.2 Å². The molecule has 0 amide bonds. The molecule has 2 aromatic carbocycles. The number of nitrogens with zero attached hydrogens (tertiary/aromatic N) is 1. The van der Waals surface area contributed by atoms with Gasteiger partial charge in [0, 0.05) is 41.6 Å². The van der Waals surface area contributed by atoms with E-state index in [0.717, 1.165) is 28.6 Å². The van der Waals surface area contributed by atoms with E-state index in [1.165, 1.54) is 6.08 Å². The first-order chi connectivity index (χ1) is 12.7. The van der Waals surface area contributed by atoms with Crippen LogP contribution in [-0.4, -0.2) is 23.7 Å². The Hall–Kier alpha value is -3.14. The number of aryl methyl sites for hydroxylation is 1. The van der Waals surface area contributed by atoms with Crippen molar-refractivity contribution in [2.45, 2.75) is 26.2 Å². The van der Waals surface area contributed by atoms with Crippen LogP contribution in [0.4, 0.5) is 5.69 Å². The average Bonchev–Trinajstić information content (AvgIpc) is 2.83. The van der Waals surface area contributed by atoms with Crippen molar-refractivity contribution in [2.75, 3.05) is 11.9 Å². The highest BCUT2D eigenvalue weighted by Gasteiger charge is 2.38. The molecule has 27 heavy (non-hydrogen) atoms. The number of likely N-dealkylation sites (N-methyl/N-ethyl adjacent to an activating group) is 1. The Morgan fingerprint density at radius 1 is 1.00 bits per heavy atom.